The van der Waals surface area contributed by atoms with Crippen LogP contribution < -0.4 is 4.90 Å². The quantitative estimate of drug-likeness (QED) is 0.481. The Labute approximate surface area is 149 Å². The van der Waals surface area contributed by atoms with E-state index in [2.05, 4.69) is 0 Å². The van der Waals surface area contributed by atoms with Gasteiger partial charge in [0.25, 0.3) is 0 Å². The molecule has 5 heteroatoms. The van der Waals surface area contributed by atoms with Crippen molar-refractivity contribution in [1.29, 1.82) is 0 Å². The Morgan fingerprint density at radius 3 is 1.83 bits per heavy atom. The highest BCUT2D eigenvalue weighted by Crippen LogP contribution is 2.42. The highest BCUT2D eigenvalue weighted by atomic mass is 35.5. The van der Waals surface area contributed by atoms with E-state index in [0.29, 0.717) is 27.1 Å². The number of anilines is 3. The summed E-state index contributed by atoms with van der Waals surface area (Å²) in [5, 5.41) is 0.695. The summed E-state index contributed by atoms with van der Waals surface area (Å²) in [4.78, 5) is 1.67. The Kier molecular flexibility index (Phi) is 4.74. The van der Waals surface area contributed by atoms with Crippen molar-refractivity contribution >= 4 is 40.3 Å². The summed E-state index contributed by atoms with van der Waals surface area (Å²) in [5.74, 6) is -0.799. The molecule has 0 amide bonds. The maximum atomic E-state index is 13.7. The maximum absolute atomic E-state index is 13.7. The van der Waals surface area contributed by atoms with E-state index < -0.39 is 11.6 Å². The monoisotopic (exact) mass is 363 g/mol. The van der Waals surface area contributed by atoms with Gasteiger partial charge in [-0.15, -0.1) is 0 Å². The smallest absolute Gasteiger partial charge is 0.125 e. The van der Waals surface area contributed by atoms with Crippen LogP contribution in [0.25, 0.3) is 0 Å². The molecule has 1 nitrogen and oxygen atoms in total. The van der Waals surface area contributed by atoms with Crippen molar-refractivity contribution in [3.8, 4) is 0 Å². The number of aryl methyl sites for hydroxylation is 1. The summed E-state index contributed by atoms with van der Waals surface area (Å²) in [7, 11) is 0. The van der Waals surface area contributed by atoms with E-state index in [0.717, 1.165) is 5.56 Å². The number of hydrogen-bond acceptors (Lipinski definition) is 1. The molecule has 0 fully saturated rings. The molecule has 24 heavy (non-hydrogen) atoms. The molecule has 0 heterocycles. The molecule has 0 atom stereocenters. The topological polar surface area (TPSA) is 3.24 Å². The van der Waals surface area contributed by atoms with Gasteiger partial charge in [0.15, 0.2) is 0 Å². The van der Waals surface area contributed by atoms with Crippen molar-refractivity contribution in [2.75, 3.05) is 4.90 Å². The second-order valence-electron chi connectivity index (χ2n) is 5.38. The third-order valence-electron chi connectivity index (χ3n) is 3.53. The average Bonchev–Trinajstić information content (AvgIpc) is 2.52. The van der Waals surface area contributed by atoms with Crippen molar-refractivity contribution in [3.05, 3.63) is 87.9 Å². The van der Waals surface area contributed by atoms with Crippen LogP contribution in [0.2, 0.25) is 10.0 Å². The van der Waals surface area contributed by atoms with Gasteiger partial charge in [0.2, 0.25) is 0 Å². The Hall–Kier alpha value is -2.10. The van der Waals surface area contributed by atoms with Crippen molar-refractivity contribution in [1.82, 2.24) is 0 Å². The summed E-state index contributed by atoms with van der Waals surface area (Å²) in [5.41, 5.74) is 2.48. The number of nitrogens with zero attached hydrogens (tertiary/aromatic N) is 1. The molecule has 0 unspecified atom stereocenters. The largest absolute Gasteiger partial charge is 0.309 e. The highest BCUT2D eigenvalue weighted by molar-refractivity contribution is 6.44. The van der Waals surface area contributed by atoms with Crippen LogP contribution in [0.1, 0.15) is 5.56 Å². The van der Waals surface area contributed by atoms with Crippen LogP contribution in [0.15, 0.2) is 60.7 Å². The van der Waals surface area contributed by atoms with Gasteiger partial charge in [-0.2, -0.15) is 0 Å². The third kappa shape index (κ3) is 3.37. The van der Waals surface area contributed by atoms with Crippen LogP contribution in [0.4, 0.5) is 25.8 Å². The van der Waals surface area contributed by atoms with Gasteiger partial charge in [0.1, 0.15) is 11.6 Å². The third-order valence-corrected chi connectivity index (χ3v) is 4.32. The molecule has 0 N–H and O–H groups in total. The van der Waals surface area contributed by atoms with E-state index in [-0.39, 0.29) is 0 Å². The normalized spacial score (nSPS) is 10.7. The van der Waals surface area contributed by atoms with Gasteiger partial charge < -0.3 is 4.90 Å². The second-order valence-corrected chi connectivity index (χ2v) is 6.16. The molecule has 0 radical (unpaired) electrons. The summed E-state index contributed by atoms with van der Waals surface area (Å²) in [6, 6.07) is 15.6. The zero-order valence-corrected chi connectivity index (χ0v) is 14.2. The van der Waals surface area contributed by atoms with Crippen molar-refractivity contribution in [2.45, 2.75) is 6.92 Å². The summed E-state index contributed by atoms with van der Waals surface area (Å²) >= 11 is 12.6. The summed E-state index contributed by atoms with van der Waals surface area (Å²) in [6.07, 6.45) is 0. The minimum absolute atomic E-state index is 0.316. The molecule has 0 aromatic heterocycles. The lowest BCUT2D eigenvalue weighted by molar-refractivity contribution is 0.627. The number of rotatable bonds is 3. The van der Waals surface area contributed by atoms with E-state index >= 15 is 0 Å². The first-order valence-corrected chi connectivity index (χ1v) is 7.98. The van der Waals surface area contributed by atoms with Gasteiger partial charge >= 0.3 is 0 Å². The molecule has 0 saturated heterocycles. The van der Waals surface area contributed by atoms with Gasteiger partial charge in [-0.25, -0.2) is 8.78 Å². The zero-order chi connectivity index (χ0) is 17.3. The van der Waals surface area contributed by atoms with Crippen LogP contribution in [-0.2, 0) is 0 Å². The maximum Gasteiger partial charge on any atom is 0.125 e. The average molecular weight is 364 g/mol. The van der Waals surface area contributed by atoms with Crippen LogP contribution in [0.5, 0.6) is 0 Å². The van der Waals surface area contributed by atoms with Gasteiger partial charge in [-0.1, -0.05) is 35.3 Å². The molecule has 0 saturated carbocycles. The molecular formula is C19H13Cl2F2N. The van der Waals surface area contributed by atoms with E-state index in [1.54, 1.807) is 35.2 Å². The molecule has 3 aromatic carbocycles. The first-order chi connectivity index (χ1) is 11.5. The molecule has 3 rings (SSSR count). The second kappa shape index (κ2) is 6.80. The molecule has 0 aliphatic carbocycles. The lowest BCUT2D eigenvalue weighted by atomic mass is 10.1. The first kappa shape index (κ1) is 16.7. The SMILES string of the molecule is Cc1cc(Cl)c(Cl)c(N(c2cccc(F)c2)c2cccc(F)c2)c1. The van der Waals surface area contributed by atoms with Crippen LogP contribution in [-0.4, -0.2) is 0 Å². The molecule has 0 spiro atoms. The molecule has 0 aliphatic heterocycles. The highest BCUT2D eigenvalue weighted by Gasteiger charge is 2.18. The Morgan fingerprint density at radius 2 is 1.33 bits per heavy atom. The Balaban J connectivity index is 2.27. The van der Waals surface area contributed by atoms with Gasteiger partial charge in [-0.3, -0.25) is 0 Å². The van der Waals surface area contributed by atoms with E-state index in [4.69, 9.17) is 23.2 Å². The minimum Gasteiger partial charge on any atom is -0.309 e. The van der Waals surface area contributed by atoms with Gasteiger partial charge in [0.05, 0.1) is 15.7 Å². The van der Waals surface area contributed by atoms with Crippen molar-refractivity contribution in [2.24, 2.45) is 0 Å². The van der Waals surface area contributed by atoms with Crippen LogP contribution in [0, 0.1) is 18.6 Å². The lowest BCUT2D eigenvalue weighted by Crippen LogP contribution is -2.11. The predicted octanol–water partition coefficient (Wildman–Crippen LogP) is 7.05. The molecule has 0 bridgehead atoms. The van der Waals surface area contributed by atoms with E-state index in [1.807, 2.05) is 13.0 Å². The van der Waals surface area contributed by atoms with E-state index in [9.17, 15) is 8.78 Å². The summed E-state index contributed by atoms with van der Waals surface area (Å²) < 4.78 is 27.5. The summed E-state index contributed by atoms with van der Waals surface area (Å²) in [6.45, 7) is 1.88. The fraction of sp³-hybridized carbons (Fsp3) is 0.0526. The fourth-order valence-corrected chi connectivity index (χ4v) is 2.99. The van der Waals surface area contributed by atoms with Gasteiger partial charge in [-0.05, 0) is 61.0 Å². The first-order valence-electron chi connectivity index (χ1n) is 7.22. The molecular weight excluding hydrogens is 351 g/mol. The van der Waals surface area contributed by atoms with Crippen LogP contribution >= 0.6 is 23.2 Å². The number of benzene rings is 3. The standard InChI is InChI=1S/C19H13Cl2F2N/c1-12-8-17(20)19(21)18(9-12)24(15-6-2-4-13(22)10-15)16-7-3-5-14(23)11-16/h2-11H,1H3. The Bertz CT molecular complexity index is 851. The van der Waals surface area contributed by atoms with Crippen molar-refractivity contribution < 1.29 is 8.78 Å². The predicted molar refractivity (Wildman–Crippen MR) is 95.8 cm³/mol. The Morgan fingerprint density at radius 1 is 0.792 bits per heavy atom. The molecule has 3 aromatic rings. The minimum atomic E-state index is -0.399. The van der Waals surface area contributed by atoms with E-state index in [1.165, 1.54) is 24.3 Å². The number of halogens is 4. The number of hydrogen-bond donors (Lipinski definition) is 0. The fourth-order valence-electron chi connectivity index (χ4n) is 2.53. The van der Waals surface area contributed by atoms with Crippen LogP contribution in [0.3, 0.4) is 0 Å². The van der Waals surface area contributed by atoms with Gasteiger partial charge in [0, 0.05) is 11.4 Å². The lowest BCUT2D eigenvalue weighted by Gasteiger charge is -2.27. The molecule has 122 valence electrons. The molecule has 0 aliphatic rings. The van der Waals surface area contributed by atoms with Crippen molar-refractivity contribution in [3.63, 3.8) is 0 Å². The zero-order valence-electron chi connectivity index (χ0n) is 12.7.